The molecule has 0 radical (unpaired) electrons. The zero-order valence-electron chi connectivity index (χ0n) is 8.59. The fourth-order valence-corrected chi connectivity index (χ4v) is 2.15. The Hall–Kier alpha value is -1.01. The van der Waals surface area contributed by atoms with Gasteiger partial charge in [0.1, 0.15) is 0 Å². The van der Waals surface area contributed by atoms with Gasteiger partial charge in [-0.3, -0.25) is 4.79 Å². The van der Waals surface area contributed by atoms with E-state index in [4.69, 9.17) is 5.73 Å². The largest absolute Gasteiger partial charge is 0.336 e. The van der Waals surface area contributed by atoms with E-state index in [9.17, 15) is 4.79 Å². The fourth-order valence-electron chi connectivity index (χ4n) is 1.74. The molecule has 2 N–H and O–H groups in total. The van der Waals surface area contributed by atoms with Gasteiger partial charge in [0.15, 0.2) is 5.69 Å². The van der Waals surface area contributed by atoms with Crippen molar-refractivity contribution in [1.29, 1.82) is 0 Å². The predicted octanol–water partition coefficient (Wildman–Crippen LogP) is 0.347. The van der Waals surface area contributed by atoms with Crippen LogP contribution in [-0.4, -0.2) is 39.2 Å². The standard InChI is InChI=1S/C9H14N4OS/c1-13(8(4-10)6-2-3-6)9(14)7-5-11-15-12-7/h5-6,8H,2-4,10H2,1H3. The van der Waals surface area contributed by atoms with Crippen molar-refractivity contribution < 1.29 is 4.79 Å². The monoisotopic (exact) mass is 226 g/mol. The summed E-state index contributed by atoms with van der Waals surface area (Å²) < 4.78 is 7.76. The molecule has 1 aromatic heterocycles. The molecule has 82 valence electrons. The lowest BCUT2D eigenvalue weighted by Crippen LogP contribution is -2.43. The second-order valence-corrected chi connectivity index (χ2v) is 4.41. The average Bonchev–Trinajstić information content (AvgIpc) is 2.93. The van der Waals surface area contributed by atoms with Crippen LogP contribution in [0.3, 0.4) is 0 Å². The first kappa shape index (κ1) is 10.5. The van der Waals surface area contributed by atoms with Crippen LogP contribution in [0, 0.1) is 5.92 Å². The molecule has 0 aromatic carbocycles. The summed E-state index contributed by atoms with van der Waals surface area (Å²) in [4.78, 5) is 13.6. The van der Waals surface area contributed by atoms with Gasteiger partial charge in [-0.2, -0.15) is 8.75 Å². The lowest BCUT2D eigenvalue weighted by atomic mass is 10.1. The van der Waals surface area contributed by atoms with Gasteiger partial charge in [-0.05, 0) is 18.8 Å². The maximum absolute atomic E-state index is 11.9. The van der Waals surface area contributed by atoms with E-state index < -0.39 is 0 Å². The van der Waals surface area contributed by atoms with Crippen molar-refractivity contribution in [3.8, 4) is 0 Å². The number of carbonyl (C=O) groups excluding carboxylic acids is 1. The quantitative estimate of drug-likeness (QED) is 0.804. The minimum Gasteiger partial charge on any atom is -0.336 e. The van der Waals surface area contributed by atoms with Crippen LogP contribution in [0.15, 0.2) is 6.20 Å². The number of hydrogen-bond acceptors (Lipinski definition) is 5. The Morgan fingerprint density at radius 3 is 3.00 bits per heavy atom. The lowest BCUT2D eigenvalue weighted by Gasteiger charge is -2.26. The number of nitrogens with zero attached hydrogens (tertiary/aromatic N) is 3. The van der Waals surface area contributed by atoms with Gasteiger partial charge in [-0.1, -0.05) is 0 Å². The third-order valence-electron chi connectivity index (χ3n) is 2.81. The Morgan fingerprint density at radius 1 is 1.80 bits per heavy atom. The van der Waals surface area contributed by atoms with Crippen molar-refractivity contribution in [3.63, 3.8) is 0 Å². The third-order valence-corrected chi connectivity index (χ3v) is 3.28. The van der Waals surface area contributed by atoms with Crippen LogP contribution in [0.4, 0.5) is 0 Å². The van der Waals surface area contributed by atoms with Crippen LogP contribution in [0.25, 0.3) is 0 Å². The van der Waals surface area contributed by atoms with E-state index in [0.717, 1.165) is 11.7 Å². The second kappa shape index (κ2) is 4.24. The van der Waals surface area contributed by atoms with Gasteiger partial charge in [0, 0.05) is 19.6 Å². The molecule has 15 heavy (non-hydrogen) atoms. The molecule has 2 rings (SSSR count). The number of aromatic nitrogens is 2. The highest BCUT2D eigenvalue weighted by Gasteiger charge is 2.35. The van der Waals surface area contributed by atoms with Crippen molar-refractivity contribution in [2.24, 2.45) is 11.7 Å². The van der Waals surface area contributed by atoms with Crippen molar-refractivity contribution in [2.45, 2.75) is 18.9 Å². The van der Waals surface area contributed by atoms with Crippen molar-refractivity contribution in [1.82, 2.24) is 13.6 Å². The van der Waals surface area contributed by atoms with E-state index in [1.165, 1.54) is 19.0 Å². The summed E-state index contributed by atoms with van der Waals surface area (Å²) in [6.45, 7) is 0.518. The van der Waals surface area contributed by atoms with E-state index in [0.29, 0.717) is 18.2 Å². The van der Waals surface area contributed by atoms with Crippen LogP contribution in [-0.2, 0) is 0 Å². The number of hydrogen-bond donors (Lipinski definition) is 1. The van der Waals surface area contributed by atoms with Gasteiger partial charge in [-0.15, -0.1) is 0 Å². The molecule has 0 bridgehead atoms. The summed E-state index contributed by atoms with van der Waals surface area (Å²) >= 11 is 1.05. The third kappa shape index (κ3) is 2.15. The Labute approximate surface area is 92.6 Å². The van der Waals surface area contributed by atoms with Crippen LogP contribution in [0.1, 0.15) is 23.3 Å². The van der Waals surface area contributed by atoms with Gasteiger partial charge >= 0.3 is 0 Å². The Morgan fingerprint density at radius 2 is 2.53 bits per heavy atom. The number of amides is 1. The molecule has 0 spiro atoms. The zero-order valence-corrected chi connectivity index (χ0v) is 9.41. The first-order valence-electron chi connectivity index (χ1n) is 4.99. The minimum absolute atomic E-state index is 0.0777. The SMILES string of the molecule is CN(C(=O)c1cnsn1)C(CN)C1CC1. The zero-order chi connectivity index (χ0) is 10.8. The maximum atomic E-state index is 11.9. The molecule has 1 unspecified atom stereocenters. The summed E-state index contributed by atoms with van der Waals surface area (Å²) in [6.07, 6.45) is 3.85. The summed E-state index contributed by atoms with van der Waals surface area (Å²) in [5, 5.41) is 0. The number of carbonyl (C=O) groups is 1. The van der Waals surface area contributed by atoms with E-state index in [1.807, 2.05) is 0 Å². The Bertz CT molecular complexity index is 336. The van der Waals surface area contributed by atoms with Crippen molar-refractivity contribution in [2.75, 3.05) is 13.6 Å². The van der Waals surface area contributed by atoms with E-state index in [2.05, 4.69) is 8.75 Å². The van der Waals surface area contributed by atoms with Crippen LogP contribution in [0.2, 0.25) is 0 Å². The van der Waals surface area contributed by atoms with Crippen molar-refractivity contribution >= 4 is 17.6 Å². The highest BCUT2D eigenvalue weighted by atomic mass is 32.1. The summed E-state index contributed by atoms with van der Waals surface area (Å²) in [5.41, 5.74) is 6.10. The molecule has 1 atom stereocenters. The molecule has 5 nitrogen and oxygen atoms in total. The Kier molecular flexibility index (Phi) is 2.97. The average molecular weight is 226 g/mol. The van der Waals surface area contributed by atoms with Gasteiger partial charge in [0.05, 0.1) is 17.9 Å². The number of rotatable bonds is 4. The summed E-state index contributed by atoms with van der Waals surface area (Å²) in [6, 6.07) is 0.152. The van der Waals surface area contributed by atoms with Crippen LogP contribution < -0.4 is 5.73 Å². The van der Waals surface area contributed by atoms with E-state index in [-0.39, 0.29) is 11.9 Å². The lowest BCUT2D eigenvalue weighted by molar-refractivity contribution is 0.0714. The van der Waals surface area contributed by atoms with E-state index in [1.54, 1.807) is 11.9 Å². The number of nitrogens with two attached hydrogens (primary N) is 1. The molecule has 1 aliphatic rings. The van der Waals surface area contributed by atoms with Crippen LogP contribution >= 0.6 is 11.7 Å². The Balaban J connectivity index is 2.05. The molecular weight excluding hydrogens is 212 g/mol. The maximum Gasteiger partial charge on any atom is 0.275 e. The van der Waals surface area contributed by atoms with Gasteiger partial charge < -0.3 is 10.6 Å². The predicted molar refractivity (Wildman–Crippen MR) is 57.6 cm³/mol. The first-order chi connectivity index (χ1) is 7.24. The fraction of sp³-hybridized carbons (Fsp3) is 0.667. The summed E-state index contributed by atoms with van der Waals surface area (Å²) in [7, 11) is 1.79. The molecule has 0 saturated heterocycles. The minimum atomic E-state index is -0.0777. The molecule has 1 fully saturated rings. The van der Waals surface area contributed by atoms with Crippen LogP contribution in [0.5, 0.6) is 0 Å². The highest BCUT2D eigenvalue weighted by Crippen LogP contribution is 2.34. The molecule has 1 saturated carbocycles. The second-order valence-electron chi connectivity index (χ2n) is 3.85. The topological polar surface area (TPSA) is 72.1 Å². The molecule has 1 heterocycles. The molecule has 1 amide bonds. The molecular formula is C9H14N4OS. The van der Waals surface area contributed by atoms with Gasteiger partial charge in [-0.25, -0.2) is 0 Å². The molecule has 0 aliphatic heterocycles. The molecule has 1 aliphatic carbocycles. The van der Waals surface area contributed by atoms with E-state index >= 15 is 0 Å². The summed E-state index contributed by atoms with van der Waals surface area (Å²) in [5.74, 6) is 0.502. The molecule has 6 heteroatoms. The smallest absolute Gasteiger partial charge is 0.275 e. The van der Waals surface area contributed by atoms with Crippen molar-refractivity contribution in [3.05, 3.63) is 11.9 Å². The first-order valence-corrected chi connectivity index (χ1v) is 5.72. The van der Waals surface area contributed by atoms with Gasteiger partial charge in [0.2, 0.25) is 0 Å². The highest BCUT2D eigenvalue weighted by molar-refractivity contribution is 6.99. The van der Waals surface area contributed by atoms with Gasteiger partial charge in [0.25, 0.3) is 5.91 Å². The normalized spacial score (nSPS) is 17.5. The molecule has 1 aromatic rings. The number of likely N-dealkylation sites (N-methyl/N-ethyl adjacent to an activating group) is 1.